The van der Waals surface area contributed by atoms with Crippen molar-refractivity contribution in [3.8, 4) is 0 Å². The fourth-order valence-corrected chi connectivity index (χ4v) is 2.17. The first-order chi connectivity index (χ1) is 11.8. The number of nitrogens with one attached hydrogen (secondary N) is 2. The molecule has 26 heavy (non-hydrogen) atoms. The standard InChI is InChI=1S/C18H32N4O4/c1-12(2)8-13(20-16(25)26-17(3,4)5)15(24)21-14-9-22(11-19-14)18(6,7)10-23/h9,11-13,23H,8,10H2,1-7H3,(H,20,25)(H,21,24)/t13-/m0/s1. The van der Waals surface area contributed by atoms with Crippen molar-refractivity contribution in [2.75, 3.05) is 11.9 Å². The molecule has 0 aliphatic heterocycles. The zero-order valence-corrected chi connectivity index (χ0v) is 16.8. The summed E-state index contributed by atoms with van der Waals surface area (Å²) in [5.74, 6) is 0.194. The fourth-order valence-electron chi connectivity index (χ4n) is 2.17. The molecular weight excluding hydrogens is 336 g/mol. The highest BCUT2D eigenvalue weighted by Gasteiger charge is 2.26. The molecule has 3 N–H and O–H groups in total. The molecule has 8 nitrogen and oxygen atoms in total. The van der Waals surface area contributed by atoms with E-state index in [1.54, 1.807) is 37.9 Å². The maximum absolute atomic E-state index is 12.6. The smallest absolute Gasteiger partial charge is 0.408 e. The first-order valence-electron chi connectivity index (χ1n) is 8.80. The van der Waals surface area contributed by atoms with Gasteiger partial charge in [0.25, 0.3) is 0 Å². The van der Waals surface area contributed by atoms with Crippen molar-refractivity contribution in [1.82, 2.24) is 14.9 Å². The van der Waals surface area contributed by atoms with Gasteiger partial charge in [0.2, 0.25) is 5.91 Å². The Kier molecular flexibility index (Phi) is 7.20. The van der Waals surface area contributed by atoms with E-state index < -0.39 is 23.3 Å². The van der Waals surface area contributed by atoms with Crippen molar-refractivity contribution in [2.24, 2.45) is 5.92 Å². The van der Waals surface area contributed by atoms with Gasteiger partial charge in [0.1, 0.15) is 11.6 Å². The van der Waals surface area contributed by atoms with Crippen molar-refractivity contribution < 1.29 is 19.4 Å². The van der Waals surface area contributed by atoms with Gasteiger partial charge in [-0.3, -0.25) is 4.79 Å². The third-order valence-corrected chi connectivity index (χ3v) is 3.63. The molecule has 1 atom stereocenters. The van der Waals surface area contributed by atoms with Gasteiger partial charge in [-0.1, -0.05) is 13.8 Å². The number of anilines is 1. The average Bonchev–Trinajstić information content (AvgIpc) is 2.93. The number of alkyl carbamates (subject to hydrolysis) is 1. The van der Waals surface area contributed by atoms with Crippen LogP contribution < -0.4 is 10.6 Å². The van der Waals surface area contributed by atoms with Gasteiger partial charge in [-0.2, -0.15) is 0 Å². The largest absolute Gasteiger partial charge is 0.444 e. The van der Waals surface area contributed by atoms with E-state index >= 15 is 0 Å². The molecule has 1 heterocycles. The molecule has 0 radical (unpaired) electrons. The van der Waals surface area contributed by atoms with Crippen LogP contribution in [0.1, 0.15) is 54.9 Å². The molecule has 0 aliphatic carbocycles. The summed E-state index contributed by atoms with van der Waals surface area (Å²) in [5, 5.41) is 14.8. The van der Waals surface area contributed by atoms with Gasteiger partial charge in [0.15, 0.2) is 5.82 Å². The minimum absolute atomic E-state index is 0.0626. The zero-order chi connectivity index (χ0) is 20.1. The monoisotopic (exact) mass is 368 g/mol. The lowest BCUT2D eigenvalue weighted by Gasteiger charge is -2.24. The average molecular weight is 368 g/mol. The molecule has 0 bridgehead atoms. The fraction of sp³-hybridized carbons (Fsp3) is 0.722. The van der Waals surface area contributed by atoms with Crippen LogP contribution in [0, 0.1) is 5.92 Å². The molecule has 0 saturated carbocycles. The van der Waals surface area contributed by atoms with E-state index in [-0.39, 0.29) is 18.4 Å². The Bertz CT molecular complexity index is 617. The molecule has 0 spiro atoms. The molecule has 148 valence electrons. The summed E-state index contributed by atoms with van der Waals surface area (Å²) in [4.78, 5) is 28.8. The molecule has 0 aliphatic rings. The first-order valence-corrected chi connectivity index (χ1v) is 8.80. The second-order valence-corrected chi connectivity index (χ2v) is 8.45. The van der Waals surface area contributed by atoms with Gasteiger partial charge in [-0.15, -0.1) is 0 Å². The molecule has 0 unspecified atom stereocenters. The van der Waals surface area contributed by atoms with Crippen LogP contribution in [0.5, 0.6) is 0 Å². The van der Waals surface area contributed by atoms with Crippen LogP contribution >= 0.6 is 0 Å². The molecule has 0 aromatic carbocycles. The number of hydrogen-bond acceptors (Lipinski definition) is 5. The highest BCUT2D eigenvalue weighted by molar-refractivity contribution is 5.95. The summed E-state index contributed by atoms with van der Waals surface area (Å²) in [6, 6.07) is -0.735. The zero-order valence-electron chi connectivity index (χ0n) is 16.8. The Morgan fingerprint density at radius 1 is 1.27 bits per heavy atom. The van der Waals surface area contributed by atoms with Crippen LogP contribution in [0.25, 0.3) is 0 Å². The maximum Gasteiger partial charge on any atom is 0.408 e. The van der Waals surface area contributed by atoms with Gasteiger partial charge < -0.3 is 25.0 Å². The van der Waals surface area contributed by atoms with E-state index in [0.717, 1.165) is 0 Å². The normalized spacial score (nSPS) is 13.4. The number of aliphatic hydroxyl groups is 1. The number of aliphatic hydroxyl groups excluding tert-OH is 1. The number of aromatic nitrogens is 2. The Hall–Kier alpha value is -2.09. The highest BCUT2D eigenvalue weighted by Crippen LogP contribution is 2.17. The SMILES string of the molecule is CC(C)C[C@H](NC(=O)OC(C)(C)C)C(=O)Nc1cn(C(C)(C)CO)cn1. The van der Waals surface area contributed by atoms with Crippen LogP contribution in [0.15, 0.2) is 12.5 Å². The molecule has 1 rings (SSSR count). The van der Waals surface area contributed by atoms with Crippen LogP contribution in [-0.4, -0.2) is 44.9 Å². The first kappa shape index (κ1) is 22.0. The molecule has 1 aromatic heterocycles. The summed E-state index contributed by atoms with van der Waals surface area (Å²) in [6.07, 6.45) is 3.03. The van der Waals surface area contributed by atoms with E-state index in [1.807, 2.05) is 27.7 Å². The van der Waals surface area contributed by atoms with Gasteiger partial charge in [0, 0.05) is 6.20 Å². The van der Waals surface area contributed by atoms with Crippen molar-refractivity contribution in [1.29, 1.82) is 0 Å². The molecular formula is C18H32N4O4. The van der Waals surface area contributed by atoms with E-state index in [4.69, 9.17) is 4.74 Å². The Balaban J connectivity index is 2.82. The lowest BCUT2D eigenvalue weighted by atomic mass is 10.0. The molecule has 1 aromatic rings. The third-order valence-electron chi connectivity index (χ3n) is 3.63. The summed E-state index contributed by atoms with van der Waals surface area (Å²) < 4.78 is 6.96. The van der Waals surface area contributed by atoms with Crippen LogP contribution in [0.3, 0.4) is 0 Å². The molecule has 2 amide bonds. The number of nitrogens with zero attached hydrogens (tertiary/aromatic N) is 2. The second kappa shape index (κ2) is 8.53. The molecule has 0 saturated heterocycles. The molecule has 8 heteroatoms. The quantitative estimate of drug-likeness (QED) is 0.686. The Labute approximate surface area is 155 Å². The lowest BCUT2D eigenvalue weighted by Crippen LogP contribution is -2.46. The molecule has 0 fully saturated rings. The lowest BCUT2D eigenvalue weighted by molar-refractivity contribution is -0.118. The number of ether oxygens (including phenoxy) is 1. The van der Waals surface area contributed by atoms with E-state index in [9.17, 15) is 14.7 Å². The van der Waals surface area contributed by atoms with Gasteiger partial charge in [-0.25, -0.2) is 9.78 Å². The summed E-state index contributed by atoms with van der Waals surface area (Å²) in [7, 11) is 0. The number of rotatable bonds is 7. The predicted molar refractivity (Wildman–Crippen MR) is 99.9 cm³/mol. The Morgan fingerprint density at radius 2 is 1.88 bits per heavy atom. The van der Waals surface area contributed by atoms with Crippen molar-refractivity contribution in [3.63, 3.8) is 0 Å². The van der Waals surface area contributed by atoms with Crippen LogP contribution in [0.4, 0.5) is 10.6 Å². The van der Waals surface area contributed by atoms with E-state index in [1.165, 1.54) is 0 Å². The number of imidazole rings is 1. The number of carbonyl (C=O) groups is 2. The third kappa shape index (κ3) is 7.03. The highest BCUT2D eigenvalue weighted by atomic mass is 16.6. The summed E-state index contributed by atoms with van der Waals surface area (Å²) >= 11 is 0. The minimum atomic E-state index is -0.735. The number of hydrogen-bond donors (Lipinski definition) is 3. The summed E-state index contributed by atoms with van der Waals surface area (Å²) in [5.41, 5.74) is -1.17. The second-order valence-electron chi connectivity index (χ2n) is 8.45. The minimum Gasteiger partial charge on any atom is -0.444 e. The van der Waals surface area contributed by atoms with Gasteiger partial charge >= 0.3 is 6.09 Å². The van der Waals surface area contributed by atoms with Gasteiger partial charge in [0.05, 0.1) is 18.5 Å². The van der Waals surface area contributed by atoms with Crippen LogP contribution in [-0.2, 0) is 15.1 Å². The predicted octanol–water partition coefficient (Wildman–Crippen LogP) is 2.49. The van der Waals surface area contributed by atoms with Crippen molar-refractivity contribution >= 4 is 17.8 Å². The summed E-state index contributed by atoms with van der Waals surface area (Å²) in [6.45, 7) is 12.9. The Morgan fingerprint density at radius 3 is 2.38 bits per heavy atom. The van der Waals surface area contributed by atoms with E-state index in [0.29, 0.717) is 12.2 Å². The number of amides is 2. The number of carbonyl (C=O) groups excluding carboxylic acids is 2. The van der Waals surface area contributed by atoms with Crippen LogP contribution in [0.2, 0.25) is 0 Å². The topological polar surface area (TPSA) is 105 Å². The van der Waals surface area contributed by atoms with Crippen molar-refractivity contribution in [3.05, 3.63) is 12.5 Å². The van der Waals surface area contributed by atoms with Crippen molar-refractivity contribution in [2.45, 2.75) is 72.1 Å². The van der Waals surface area contributed by atoms with E-state index in [2.05, 4.69) is 15.6 Å². The maximum atomic E-state index is 12.6. The van der Waals surface area contributed by atoms with Gasteiger partial charge in [-0.05, 0) is 47.0 Å².